The van der Waals surface area contributed by atoms with Gasteiger partial charge in [-0.15, -0.1) is 0 Å². The summed E-state index contributed by atoms with van der Waals surface area (Å²) in [4.78, 5) is 20.0. The number of unbranched alkanes of at least 4 members (excludes halogenated alkanes) is 1. The van der Waals surface area contributed by atoms with Gasteiger partial charge in [0.1, 0.15) is 24.2 Å². The number of allylic oxidation sites excluding steroid dienone is 1. The molecule has 0 atom stereocenters. The first kappa shape index (κ1) is 30.4. The number of ether oxygens (including phenoxy) is 2. The monoisotopic (exact) mass is 627 g/mol. The van der Waals surface area contributed by atoms with Gasteiger partial charge in [0.15, 0.2) is 5.82 Å². The lowest BCUT2D eigenvalue weighted by Gasteiger charge is -2.11. The van der Waals surface area contributed by atoms with E-state index in [-0.39, 0.29) is 17.0 Å². The van der Waals surface area contributed by atoms with Gasteiger partial charge in [-0.1, -0.05) is 61.3 Å². The SMILES string of the molecule is CCCCOc1ccc(COc2ccc(-c3nn(-c4ccccc4)cc3C=C(C#N)c3nc4ccccc4c(=O)[nH]3)cc2)cc1Cl. The third kappa shape index (κ3) is 6.85. The second-order valence-corrected chi connectivity index (χ2v) is 11.0. The molecule has 0 aliphatic carbocycles. The Bertz CT molecular complexity index is 2110. The van der Waals surface area contributed by atoms with Crippen molar-refractivity contribution in [1.82, 2.24) is 19.7 Å². The first-order chi connectivity index (χ1) is 22.5. The Morgan fingerprint density at radius 3 is 2.54 bits per heavy atom. The van der Waals surface area contributed by atoms with Crippen LogP contribution < -0.4 is 15.0 Å². The van der Waals surface area contributed by atoms with Crippen LogP contribution in [0.2, 0.25) is 5.02 Å². The van der Waals surface area contributed by atoms with Crippen molar-refractivity contribution in [3.8, 4) is 34.5 Å². The number of rotatable bonds is 11. The van der Waals surface area contributed by atoms with E-state index >= 15 is 0 Å². The molecule has 0 spiro atoms. The first-order valence-electron chi connectivity index (χ1n) is 14.9. The van der Waals surface area contributed by atoms with Gasteiger partial charge in [0, 0.05) is 17.3 Å². The van der Waals surface area contributed by atoms with Gasteiger partial charge in [0.2, 0.25) is 0 Å². The highest BCUT2D eigenvalue weighted by atomic mass is 35.5. The van der Waals surface area contributed by atoms with E-state index in [1.807, 2.05) is 79.0 Å². The van der Waals surface area contributed by atoms with Crippen molar-refractivity contribution in [2.24, 2.45) is 0 Å². The molecule has 0 fully saturated rings. The lowest BCUT2D eigenvalue weighted by molar-refractivity contribution is 0.302. The van der Waals surface area contributed by atoms with Gasteiger partial charge in [-0.05, 0) is 78.7 Å². The van der Waals surface area contributed by atoms with Crippen LogP contribution in [0.5, 0.6) is 11.5 Å². The molecule has 0 saturated heterocycles. The van der Waals surface area contributed by atoms with Crippen LogP contribution in [0.4, 0.5) is 0 Å². The predicted octanol–water partition coefficient (Wildman–Crippen LogP) is 8.25. The topological polar surface area (TPSA) is 106 Å². The molecule has 6 aromatic rings. The number of nitriles is 1. The zero-order valence-corrected chi connectivity index (χ0v) is 25.9. The van der Waals surface area contributed by atoms with Crippen LogP contribution in [0, 0.1) is 11.3 Å². The van der Waals surface area contributed by atoms with Crippen LogP contribution in [0.1, 0.15) is 36.7 Å². The quantitative estimate of drug-likeness (QED) is 0.114. The Hall–Kier alpha value is -5.65. The van der Waals surface area contributed by atoms with E-state index in [1.165, 1.54) is 0 Å². The predicted molar refractivity (Wildman–Crippen MR) is 181 cm³/mol. The van der Waals surface area contributed by atoms with E-state index in [9.17, 15) is 10.1 Å². The molecule has 8 nitrogen and oxygen atoms in total. The van der Waals surface area contributed by atoms with Crippen molar-refractivity contribution in [3.05, 3.63) is 136 Å². The number of fused-ring (bicyclic) bond motifs is 1. The first-order valence-corrected chi connectivity index (χ1v) is 15.3. The molecule has 228 valence electrons. The maximum absolute atomic E-state index is 12.7. The molecule has 46 heavy (non-hydrogen) atoms. The summed E-state index contributed by atoms with van der Waals surface area (Å²) in [6.45, 7) is 3.09. The molecule has 6 rings (SSSR count). The molecule has 2 aromatic heterocycles. The summed E-state index contributed by atoms with van der Waals surface area (Å²) in [7, 11) is 0. The summed E-state index contributed by atoms with van der Waals surface area (Å²) in [5.41, 5.74) is 4.35. The summed E-state index contributed by atoms with van der Waals surface area (Å²) in [6.07, 6.45) is 5.58. The van der Waals surface area contributed by atoms with Crippen LogP contribution in [0.3, 0.4) is 0 Å². The van der Waals surface area contributed by atoms with Gasteiger partial charge in [-0.2, -0.15) is 10.4 Å². The molecule has 0 bridgehead atoms. The highest BCUT2D eigenvalue weighted by Crippen LogP contribution is 2.30. The van der Waals surface area contributed by atoms with E-state index in [2.05, 4.69) is 23.0 Å². The van der Waals surface area contributed by atoms with Crippen molar-refractivity contribution in [1.29, 1.82) is 5.26 Å². The summed E-state index contributed by atoms with van der Waals surface area (Å²) in [5.74, 6) is 1.54. The normalized spacial score (nSPS) is 11.4. The smallest absolute Gasteiger partial charge is 0.259 e. The fourth-order valence-corrected chi connectivity index (χ4v) is 5.16. The third-order valence-electron chi connectivity index (χ3n) is 7.34. The van der Waals surface area contributed by atoms with Gasteiger partial charge in [-0.25, -0.2) is 9.67 Å². The molecule has 0 aliphatic heterocycles. The fourth-order valence-electron chi connectivity index (χ4n) is 4.91. The van der Waals surface area contributed by atoms with Gasteiger partial charge in [0.05, 0.1) is 39.5 Å². The number of nitrogens with zero attached hydrogens (tertiary/aromatic N) is 4. The van der Waals surface area contributed by atoms with Crippen molar-refractivity contribution in [2.75, 3.05) is 6.61 Å². The Morgan fingerprint density at radius 2 is 1.78 bits per heavy atom. The Morgan fingerprint density at radius 1 is 1.00 bits per heavy atom. The van der Waals surface area contributed by atoms with E-state index < -0.39 is 0 Å². The molecule has 0 radical (unpaired) electrons. The summed E-state index contributed by atoms with van der Waals surface area (Å²) >= 11 is 6.42. The number of aromatic nitrogens is 4. The van der Waals surface area contributed by atoms with Crippen LogP contribution >= 0.6 is 11.6 Å². The molecule has 4 aromatic carbocycles. The van der Waals surface area contributed by atoms with E-state index in [0.29, 0.717) is 51.9 Å². The standard InChI is InChI=1S/C37H30ClN5O3/c1-2-3-19-45-34-18-13-25(20-32(34)38)24-46-30-16-14-26(15-17-30)35-28(23-43(42-35)29-9-5-4-6-10-29)21-27(22-39)36-40-33-12-8-7-11-31(33)37(44)41-36/h4-18,20-21,23H,2-3,19,24H2,1H3,(H,40,41,44). The fraction of sp³-hybridized carbons (Fsp3) is 0.135. The highest BCUT2D eigenvalue weighted by Gasteiger charge is 2.15. The second-order valence-electron chi connectivity index (χ2n) is 10.6. The maximum Gasteiger partial charge on any atom is 0.259 e. The molecular formula is C37H30ClN5O3. The number of hydrogen-bond acceptors (Lipinski definition) is 6. The highest BCUT2D eigenvalue weighted by molar-refractivity contribution is 6.32. The Labute approximate surface area is 271 Å². The largest absolute Gasteiger partial charge is 0.492 e. The Kier molecular flexibility index (Phi) is 9.23. The van der Waals surface area contributed by atoms with Crippen molar-refractivity contribution < 1.29 is 9.47 Å². The van der Waals surface area contributed by atoms with Crippen LogP contribution in [0.15, 0.2) is 108 Å². The van der Waals surface area contributed by atoms with Crippen molar-refractivity contribution >= 4 is 34.2 Å². The molecular weight excluding hydrogens is 598 g/mol. The van der Waals surface area contributed by atoms with Crippen molar-refractivity contribution in [3.63, 3.8) is 0 Å². The maximum atomic E-state index is 12.7. The third-order valence-corrected chi connectivity index (χ3v) is 7.63. The van der Waals surface area contributed by atoms with Crippen LogP contribution in [-0.2, 0) is 6.61 Å². The number of halogens is 1. The minimum atomic E-state index is -0.309. The van der Waals surface area contributed by atoms with Crippen LogP contribution in [0.25, 0.3) is 39.5 Å². The zero-order valence-electron chi connectivity index (χ0n) is 25.1. The molecule has 0 unspecified atom stereocenters. The van der Waals surface area contributed by atoms with E-state index in [1.54, 1.807) is 35.0 Å². The minimum Gasteiger partial charge on any atom is -0.492 e. The molecule has 2 heterocycles. The number of nitrogens with one attached hydrogen (secondary N) is 1. The van der Waals surface area contributed by atoms with E-state index in [0.717, 1.165) is 29.7 Å². The molecule has 0 aliphatic rings. The zero-order chi connectivity index (χ0) is 31.9. The lowest BCUT2D eigenvalue weighted by Crippen LogP contribution is -2.11. The molecule has 0 saturated carbocycles. The van der Waals surface area contributed by atoms with E-state index in [4.69, 9.17) is 26.2 Å². The van der Waals surface area contributed by atoms with Gasteiger partial charge >= 0.3 is 0 Å². The summed E-state index contributed by atoms with van der Waals surface area (Å²) < 4.78 is 13.6. The average Bonchev–Trinajstić information content (AvgIpc) is 3.51. The molecule has 1 N–H and O–H groups in total. The second kappa shape index (κ2) is 14.0. The van der Waals surface area contributed by atoms with Gasteiger partial charge in [0.25, 0.3) is 5.56 Å². The lowest BCUT2D eigenvalue weighted by atomic mass is 10.1. The minimum absolute atomic E-state index is 0.189. The average molecular weight is 628 g/mol. The van der Waals surface area contributed by atoms with Gasteiger partial charge in [-0.3, -0.25) is 4.79 Å². The summed E-state index contributed by atoms with van der Waals surface area (Å²) in [5, 5.41) is 16.0. The molecule has 9 heteroatoms. The molecule has 0 amide bonds. The van der Waals surface area contributed by atoms with Gasteiger partial charge < -0.3 is 14.5 Å². The number of hydrogen-bond donors (Lipinski definition) is 1. The van der Waals surface area contributed by atoms with Crippen LogP contribution in [-0.4, -0.2) is 26.4 Å². The number of para-hydroxylation sites is 2. The number of aromatic amines is 1. The number of H-pyrrole nitrogens is 1. The number of benzene rings is 4. The Balaban J connectivity index is 1.28. The summed E-state index contributed by atoms with van der Waals surface area (Å²) in [6, 6.07) is 32.2. The van der Waals surface area contributed by atoms with Crippen molar-refractivity contribution in [2.45, 2.75) is 26.4 Å².